The van der Waals surface area contributed by atoms with Crippen molar-refractivity contribution in [3.8, 4) is 17.1 Å². The normalized spacial score (nSPS) is 13.3. The zero-order valence-corrected chi connectivity index (χ0v) is 22.4. The van der Waals surface area contributed by atoms with Crippen molar-refractivity contribution in [2.45, 2.75) is 38.4 Å². The summed E-state index contributed by atoms with van der Waals surface area (Å²) in [6.07, 6.45) is -7.45. The number of benzene rings is 1. The van der Waals surface area contributed by atoms with Crippen molar-refractivity contribution in [2.24, 2.45) is 5.73 Å². The summed E-state index contributed by atoms with van der Waals surface area (Å²) in [6.45, 7) is -0.132. The van der Waals surface area contributed by atoms with Gasteiger partial charge < -0.3 is 15.6 Å². The van der Waals surface area contributed by atoms with Crippen LogP contribution in [-0.2, 0) is 17.8 Å². The van der Waals surface area contributed by atoms with E-state index in [1.54, 1.807) is 0 Å². The minimum absolute atomic E-state index is 0.00157. The Bertz CT molecular complexity index is 1580. The Morgan fingerprint density at radius 1 is 1.12 bits per heavy atom. The average Bonchev–Trinajstić information content (AvgIpc) is 3.40. The Kier molecular flexibility index (Phi) is 8.39. The van der Waals surface area contributed by atoms with Gasteiger partial charge in [-0.05, 0) is 31.2 Å². The van der Waals surface area contributed by atoms with E-state index in [1.807, 2.05) is 0 Å². The molecule has 3 aromatic heterocycles. The van der Waals surface area contributed by atoms with E-state index in [0.717, 1.165) is 9.36 Å². The number of hydrogen-bond donors (Lipinski definition) is 2. The lowest BCUT2D eigenvalue weighted by molar-refractivity contribution is -0.207. The number of rotatable bonds is 8. The van der Waals surface area contributed by atoms with Crippen molar-refractivity contribution in [3.05, 3.63) is 73.9 Å². The third-order valence-electron chi connectivity index (χ3n) is 5.42. The highest BCUT2D eigenvalue weighted by molar-refractivity contribution is 6.37. The van der Waals surface area contributed by atoms with Crippen LogP contribution >= 0.6 is 34.8 Å². The summed E-state index contributed by atoms with van der Waals surface area (Å²) in [6, 6.07) is 5.82. The molecule has 0 bridgehead atoms. The van der Waals surface area contributed by atoms with E-state index in [1.165, 1.54) is 43.6 Å². The fourth-order valence-corrected chi connectivity index (χ4v) is 4.28. The fourth-order valence-electron chi connectivity index (χ4n) is 3.63. The molecule has 0 saturated heterocycles. The first-order chi connectivity index (χ1) is 18.8. The molecule has 40 heavy (non-hydrogen) atoms. The predicted molar refractivity (Wildman–Crippen MR) is 136 cm³/mol. The van der Waals surface area contributed by atoms with E-state index in [0.29, 0.717) is 9.59 Å². The van der Waals surface area contributed by atoms with Gasteiger partial charge >= 0.3 is 18.0 Å². The van der Waals surface area contributed by atoms with Gasteiger partial charge in [-0.25, -0.2) is 23.9 Å². The van der Waals surface area contributed by atoms with Gasteiger partial charge in [-0.15, -0.1) is 10.2 Å². The third-order valence-corrected chi connectivity index (χ3v) is 6.23. The lowest BCUT2D eigenvalue weighted by Gasteiger charge is -2.15. The van der Waals surface area contributed by atoms with Gasteiger partial charge in [0.1, 0.15) is 12.2 Å². The van der Waals surface area contributed by atoms with Gasteiger partial charge in [-0.1, -0.05) is 34.8 Å². The Hall–Kier alpha value is -3.66. The van der Waals surface area contributed by atoms with Crippen LogP contribution in [0, 0.1) is 0 Å². The number of nitrogens with two attached hydrogens (primary N) is 1. The molecule has 4 rings (SSSR count). The fraction of sp³-hybridized carbons (Fsp3) is 0.273. The molecule has 12 nitrogen and oxygen atoms in total. The minimum Gasteiger partial charge on any atom is -0.438 e. The molecular formula is C22H18Cl3F3N8O4. The Balaban J connectivity index is 1.82. The quantitative estimate of drug-likeness (QED) is 0.301. The molecule has 212 valence electrons. The summed E-state index contributed by atoms with van der Waals surface area (Å²) < 4.78 is 47.1. The molecule has 1 aromatic carbocycles. The van der Waals surface area contributed by atoms with Crippen LogP contribution in [0.1, 0.15) is 24.7 Å². The molecule has 0 fully saturated rings. The van der Waals surface area contributed by atoms with Gasteiger partial charge in [0.2, 0.25) is 0 Å². The van der Waals surface area contributed by atoms with Crippen LogP contribution in [0.5, 0.6) is 0 Å². The zero-order valence-electron chi connectivity index (χ0n) is 20.2. The number of amides is 1. The van der Waals surface area contributed by atoms with Gasteiger partial charge in [-0.3, -0.25) is 9.55 Å². The van der Waals surface area contributed by atoms with E-state index < -0.39 is 43.3 Å². The van der Waals surface area contributed by atoms with Gasteiger partial charge in [0.25, 0.3) is 0 Å². The molecule has 0 aliphatic heterocycles. The second kappa shape index (κ2) is 11.4. The van der Waals surface area contributed by atoms with Crippen LogP contribution in [0.15, 0.2) is 41.5 Å². The molecule has 2 atom stereocenters. The molecular weight excluding hydrogens is 604 g/mol. The van der Waals surface area contributed by atoms with E-state index in [4.69, 9.17) is 45.3 Å². The highest BCUT2D eigenvalue weighted by atomic mass is 35.5. The number of primary amides is 1. The van der Waals surface area contributed by atoms with Gasteiger partial charge in [0.05, 0.1) is 16.6 Å². The van der Waals surface area contributed by atoms with E-state index in [2.05, 4.69) is 20.2 Å². The number of pyridine rings is 1. The number of carbonyl (C=O) groups excluding carboxylic acids is 1. The number of alkyl halides is 3. The molecule has 3 N–H and O–H groups in total. The monoisotopic (exact) mass is 620 g/mol. The predicted octanol–water partition coefficient (Wildman–Crippen LogP) is 3.78. The summed E-state index contributed by atoms with van der Waals surface area (Å²) >= 11 is 18.4. The number of nitrogens with zero attached hydrogens (tertiary/aromatic N) is 7. The first-order valence-electron chi connectivity index (χ1n) is 11.2. The second-order valence-corrected chi connectivity index (χ2v) is 9.52. The third kappa shape index (κ3) is 6.22. The molecule has 18 heteroatoms. The lowest BCUT2D eigenvalue weighted by atomic mass is 10.2. The summed E-state index contributed by atoms with van der Waals surface area (Å²) in [4.78, 5) is 32.8. The number of ether oxygens (including phenoxy) is 1. The summed E-state index contributed by atoms with van der Waals surface area (Å²) in [5.41, 5.74) is 4.53. The summed E-state index contributed by atoms with van der Waals surface area (Å²) in [5.74, 6) is -0.249. The van der Waals surface area contributed by atoms with E-state index in [9.17, 15) is 27.9 Å². The zero-order chi connectivity index (χ0) is 29.4. The SMILES string of the molecule is CC(OC(N)=O)c1nc(Cn2nc(-c3ccc(Cl)cc3)n(C[C@H](O)C(F)(F)F)c2=O)nn1-c1c(Cl)cncc1Cl. The number of halogens is 6. The van der Waals surface area contributed by atoms with Crippen LogP contribution in [0.25, 0.3) is 17.1 Å². The van der Waals surface area contributed by atoms with Crippen LogP contribution < -0.4 is 11.4 Å². The maximum Gasteiger partial charge on any atom is 0.416 e. The molecule has 1 unspecified atom stereocenters. The number of aliphatic hydroxyl groups excluding tert-OH is 1. The van der Waals surface area contributed by atoms with Crippen molar-refractivity contribution in [2.75, 3.05) is 0 Å². The first-order valence-corrected chi connectivity index (χ1v) is 12.3. The Morgan fingerprint density at radius 2 is 1.75 bits per heavy atom. The van der Waals surface area contributed by atoms with Crippen molar-refractivity contribution in [1.82, 2.24) is 34.1 Å². The van der Waals surface area contributed by atoms with Crippen molar-refractivity contribution in [1.29, 1.82) is 0 Å². The molecule has 0 aliphatic carbocycles. The molecule has 0 radical (unpaired) electrons. The van der Waals surface area contributed by atoms with Gasteiger partial charge in [0.15, 0.2) is 29.7 Å². The molecule has 4 aromatic rings. The Morgan fingerprint density at radius 3 is 2.33 bits per heavy atom. The summed E-state index contributed by atoms with van der Waals surface area (Å²) in [5, 5.41) is 18.6. The van der Waals surface area contributed by atoms with Crippen molar-refractivity contribution in [3.63, 3.8) is 0 Å². The van der Waals surface area contributed by atoms with E-state index >= 15 is 0 Å². The van der Waals surface area contributed by atoms with Crippen LogP contribution in [0.3, 0.4) is 0 Å². The first kappa shape index (κ1) is 29.3. The number of aliphatic hydroxyl groups is 1. The van der Waals surface area contributed by atoms with Gasteiger partial charge in [-0.2, -0.15) is 13.2 Å². The standard InChI is InChI=1S/C22H18Cl3F3N8O4/c1-10(40-20(29)38)18-31-16(32-36(18)17-13(24)6-30-7-14(17)25)9-35-21(39)34(8-15(37)22(26,27)28)19(33-35)11-2-4-12(23)5-3-11/h2-7,10,15,37H,8-9H2,1H3,(H2,29,38)/t10?,15-/m0/s1. The highest BCUT2D eigenvalue weighted by Gasteiger charge is 2.39. The number of carbonyl (C=O) groups is 1. The van der Waals surface area contributed by atoms with Crippen molar-refractivity contribution < 1.29 is 27.8 Å². The van der Waals surface area contributed by atoms with Crippen LogP contribution in [0.2, 0.25) is 15.1 Å². The number of hydrogen-bond acceptors (Lipinski definition) is 8. The molecule has 3 heterocycles. The molecule has 0 aliphatic rings. The highest BCUT2D eigenvalue weighted by Crippen LogP contribution is 2.30. The van der Waals surface area contributed by atoms with Crippen molar-refractivity contribution >= 4 is 40.9 Å². The maximum atomic E-state index is 13.2. The minimum atomic E-state index is -4.99. The largest absolute Gasteiger partial charge is 0.438 e. The van der Waals surface area contributed by atoms with E-state index in [-0.39, 0.29) is 38.8 Å². The average molecular weight is 622 g/mol. The second-order valence-electron chi connectivity index (χ2n) is 8.27. The molecule has 1 amide bonds. The summed E-state index contributed by atoms with van der Waals surface area (Å²) in [7, 11) is 0. The lowest BCUT2D eigenvalue weighted by Crippen LogP contribution is -2.37. The molecule has 0 saturated carbocycles. The molecule has 0 spiro atoms. The number of aromatic nitrogens is 7. The van der Waals surface area contributed by atoms with Crippen LogP contribution in [-0.4, -0.2) is 57.6 Å². The van der Waals surface area contributed by atoms with Gasteiger partial charge in [0, 0.05) is 23.0 Å². The maximum absolute atomic E-state index is 13.2. The smallest absolute Gasteiger partial charge is 0.416 e. The topological polar surface area (TPSA) is 156 Å². The van der Waals surface area contributed by atoms with Crippen LogP contribution in [0.4, 0.5) is 18.0 Å². The Labute approximate surface area is 237 Å².